The van der Waals surface area contributed by atoms with Crippen molar-refractivity contribution >= 4 is 23.2 Å². The van der Waals surface area contributed by atoms with Crippen molar-refractivity contribution in [1.29, 1.82) is 0 Å². The summed E-state index contributed by atoms with van der Waals surface area (Å²) in [6.07, 6.45) is -0.246. The molecular formula is C25H22ClN3O3. The Labute approximate surface area is 191 Å². The van der Waals surface area contributed by atoms with Crippen LogP contribution in [-0.2, 0) is 4.79 Å². The van der Waals surface area contributed by atoms with Crippen LogP contribution in [-0.4, -0.2) is 22.2 Å². The first kappa shape index (κ1) is 21.6. The molecule has 6 nitrogen and oxygen atoms in total. The minimum Gasteiger partial charge on any atom is -0.480 e. The van der Waals surface area contributed by atoms with Crippen molar-refractivity contribution in [2.24, 2.45) is 0 Å². The lowest BCUT2D eigenvalue weighted by Crippen LogP contribution is -2.32. The van der Waals surface area contributed by atoms with Crippen LogP contribution in [0, 0.1) is 6.92 Å². The summed E-state index contributed by atoms with van der Waals surface area (Å²) in [4.78, 5) is 12.9. The molecule has 1 amide bonds. The standard InChI is InChI=1S/C25H22ClN3O3/c1-3-21(23(30)27-20-15-18(26)14-13-16(20)2)31-22-12-8-7-11-19(22)25-29-28-24(32-25)17-9-5-4-6-10-17/h4-15,21H,3H2,1-2H3,(H,27,30)/t21-/m1/s1. The molecule has 1 heterocycles. The number of nitrogens with one attached hydrogen (secondary N) is 1. The molecule has 32 heavy (non-hydrogen) atoms. The van der Waals surface area contributed by atoms with E-state index >= 15 is 0 Å². The van der Waals surface area contributed by atoms with Crippen LogP contribution in [0.2, 0.25) is 5.02 Å². The minimum atomic E-state index is -0.717. The summed E-state index contributed by atoms with van der Waals surface area (Å²) in [5.41, 5.74) is 3.01. The molecular weight excluding hydrogens is 426 g/mol. The molecule has 0 fully saturated rings. The molecule has 1 atom stereocenters. The third-order valence-corrected chi connectivity index (χ3v) is 5.19. The zero-order valence-corrected chi connectivity index (χ0v) is 18.5. The summed E-state index contributed by atoms with van der Waals surface area (Å²) in [5, 5.41) is 11.8. The number of halogens is 1. The third kappa shape index (κ3) is 4.81. The Bertz CT molecular complexity index is 1220. The summed E-state index contributed by atoms with van der Waals surface area (Å²) in [5.74, 6) is 0.959. The van der Waals surface area contributed by atoms with Crippen LogP contribution >= 0.6 is 11.6 Å². The second kappa shape index (κ2) is 9.66. The van der Waals surface area contributed by atoms with Crippen molar-refractivity contribution in [2.75, 3.05) is 5.32 Å². The van der Waals surface area contributed by atoms with Gasteiger partial charge in [-0.15, -0.1) is 10.2 Å². The number of anilines is 1. The van der Waals surface area contributed by atoms with Crippen LogP contribution in [0.5, 0.6) is 5.75 Å². The molecule has 4 aromatic rings. The largest absolute Gasteiger partial charge is 0.480 e. The normalized spacial score (nSPS) is 11.7. The molecule has 0 saturated carbocycles. The SMILES string of the molecule is CC[C@@H](Oc1ccccc1-c1nnc(-c2ccccc2)o1)C(=O)Nc1cc(Cl)ccc1C. The molecule has 0 aliphatic heterocycles. The number of hydrogen-bond acceptors (Lipinski definition) is 5. The van der Waals surface area contributed by atoms with Gasteiger partial charge in [-0.3, -0.25) is 4.79 Å². The lowest BCUT2D eigenvalue weighted by molar-refractivity contribution is -0.122. The van der Waals surface area contributed by atoms with E-state index in [0.717, 1.165) is 11.1 Å². The first-order chi connectivity index (χ1) is 15.5. The second-order valence-electron chi connectivity index (χ2n) is 7.24. The molecule has 1 N–H and O–H groups in total. The van der Waals surface area contributed by atoms with Gasteiger partial charge in [0.05, 0.1) is 5.56 Å². The van der Waals surface area contributed by atoms with E-state index in [1.54, 1.807) is 18.2 Å². The summed E-state index contributed by atoms with van der Waals surface area (Å²) in [7, 11) is 0. The van der Waals surface area contributed by atoms with E-state index < -0.39 is 6.10 Å². The fraction of sp³-hybridized carbons (Fsp3) is 0.160. The predicted molar refractivity (Wildman–Crippen MR) is 125 cm³/mol. The zero-order chi connectivity index (χ0) is 22.5. The van der Waals surface area contributed by atoms with Gasteiger partial charge in [0.2, 0.25) is 5.89 Å². The van der Waals surface area contributed by atoms with E-state index in [1.165, 1.54) is 0 Å². The lowest BCUT2D eigenvalue weighted by Gasteiger charge is -2.19. The Kier molecular flexibility index (Phi) is 6.52. The molecule has 0 radical (unpaired) electrons. The van der Waals surface area contributed by atoms with Crippen LogP contribution in [0.3, 0.4) is 0 Å². The highest BCUT2D eigenvalue weighted by atomic mass is 35.5. The van der Waals surface area contributed by atoms with Gasteiger partial charge in [0, 0.05) is 16.3 Å². The molecule has 0 spiro atoms. The van der Waals surface area contributed by atoms with Crippen LogP contribution in [0.1, 0.15) is 18.9 Å². The number of aromatic nitrogens is 2. The highest BCUT2D eigenvalue weighted by Gasteiger charge is 2.22. The van der Waals surface area contributed by atoms with Gasteiger partial charge >= 0.3 is 0 Å². The number of nitrogens with zero attached hydrogens (tertiary/aromatic N) is 2. The number of carbonyl (C=O) groups excluding carboxylic acids is 1. The highest BCUT2D eigenvalue weighted by Crippen LogP contribution is 2.32. The smallest absolute Gasteiger partial charge is 0.265 e. The van der Waals surface area contributed by atoms with Crippen molar-refractivity contribution in [1.82, 2.24) is 10.2 Å². The third-order valence-electron chi connectivity index (χ3n) is 4.95. The van der Waals surface area contributed by atoms with E-state index in [9.17, 15) is 4.79 Å². The van der Waals surface area contributed by atoms with Gasteiger partial charge in [0.15, 0.2) is 6.10 Å². The van der Waals surface area contributed by atoms with Crippen molar-refractivity contribution in [3.05, 3.63) is 83.4 Å². The number of amides is 1. The number of carbonyl (C=O) groups is 1. The summed E-state index contributed by atoms with van der Waals surface area (Å²) < 4.78 is 12.0. The molecule has 7 heteroatoms. The van der Waals surface area contributed by atoms with Gasteiger partial charge < -0.3 is 14.5 Å². The Hall–Kier alpha value is -3.64. The Balaban J connectivity index is 1.56. The van der Waals surface area contributed by atoms with Crippen molar-refractivity contribution in [3.8, 4) is 28.7 Å². The van der Waals surface area contributed by atoms with E-state index in [2.05, 4.69) is 15.5 Å². The summed E-state index contributed by atoms with van der Waals surface area (Å²) in [6, 6.07) is 22.2. The Morgan fingerprint density at radius 1 is 1.03 bits per heavy atom. The van der Waals surface area contributed by atoms with Gasteiger partial charge in [-0.2, -0.15) is 0 Å². The van der Waals surface area contributed by atoms with E-state index in [4.69, 9.17) is 20.8 Å². The number of rotatable bonds is 7. The van der Waals surface area contributed by atoms with Gasteiger partial charge in [0.1, 0.15) is 5.75 Å². The molecule has 162 valence electrons. The molecule has 0 unspecified atom stereocenters. The first-order valence-corrected chi connectivity index (χ1v) is 10.6. The average Bonchev–Trinajstić information content (AvgIpc) is 3.31. The number of ether oxygens (including phenoxy) is 1. The number of hydrogen-bond donors (Lipinski definition) is 1. The molecule has 3 aromatic carbocycles. The Morgan fingerprint density at radius 3 is 2.53 bits per heavy atom. The van der Waals surface area contributed by atoms with Crippen LogP contribution in [0.15, 0.2) is 77.2 Å². The average molecular weight is 448 g/mol. The number of para-hydroxylation sites is 1. The number of aryl methyl sites for hydroxylation is 1. The van der Waals surface area contributed by atoms with Gasteiger partial charge in [0.25, 0.3) is 11.8 Å². The van der Waals surface area contributed by atoms with Crippen molar-refractivity contribution in [2.45, 2.75) is 26.4 Å². The molecule has 4 rings (SSSR count). The van der Waals surface area contributed by atoms with Gasteiger partial charge in [-0.25, -0.2) is 0 Å². The predicted octanol–water partition coefficient (Wildman–Crippen LogP) is 6.16. The summed E-state index contributed by atoms with van der Waals surface area (Å²) in [6.45, 7) is 3.79. The monoisotopic (exact) mass is 447 g/mol. The summed E-state index contributed by atoms with van der Waals surface area (Å²) >= 11 is 6.07. The molecule has 0 aliphatic carbocycles. The van der Waals surface area contributed by atoms with Crippen molar-refractivity contribution in [3.63, 3.8) is 0 Å². The lowest BCUT2D eigenvalue weighted by atomic mass is 10.1. The van der Waals surface area contributed by atoms with Crippen LogP contribution in [0.25, 0.3) is 22.9 Å². The van der Waals surface area contributed by atoms with Crippen molar-refractivity contribution < 1.29 is 13.9 Å². The van der Waals surface area contributed by atoms with E-state index in [1.807, 2.05) is 68.4 Å². The first-order valence-electron chi connectivity index (χ1n) is 10.3. The van der Waals surface area contributed by atoms with E-state index in [-0.39, 0.29) is 5.91 Å². The quantitative estimate of drug-likeness (QED) is 0.367. The maximum atomic E-state index is 12.9. The number of benzene rings is 3. The van der Waals surface area contributed by atoms with Gasteiger partial charge in [-0.1, -0.05) is 54.9 Å². The fourth-order valence-corrected chi connectivity index (χ4v) is 3.37. The molecule has 0 bridgehead atoms. The molecule has 1 aromatic heterocycles. The van der Waals surface area contributed by atoms with Crippen LogP contribution in [0.4, 0.5) is 5.69 Å². The zero-order valence-electron chi connectivity index (χ0n) is 17.7. The highest BCUT2D eigenvalue weighted by molar-refractivity contribution is 6.31. The van der Waals surface area contributed by atoms with Gasteiger partial charge in [-0.05, 0) is 55.3 Å². The topological polar surface area (TPSA) is 77.2 Å². The van der Waals surface area contributed by atoms with Crippen LogP contribution < -0.4 is 10.1 Å². The maximum absolute atomic E-state index is 12.9. The Morgan fingerprint density at radius 2 is 1.75 bits per heavy atom. The minimum absolute atomic E-state index is 0.261. The second-order valence-corrected chi connectivity index (χ2v) is 7.67. The molecule has 0 saturated heterocycles. The molecule has 0 aliphatic rings. The maximum Gasteiger partial charge on any atom is 0.265 e. The fourth-order valence-electron chi connectivity index (χ4n) is 3.19. The van der Waals surface area contributed by atoms with E-state index in [0.29, 0.717) is 40.2 Å².